The summed E-state index contributed by atoms with van der Waals surface area (Å²) in [4.78, 5) is 13.1. The van der Waals surface area contributed by atoms with E-state index < -0.39 is 5.97 Å². The predicted octanol–water partition coefficient (Wildman–Crippen LogP) is 2.00. The average molecular weight is 235 g/mol. The van der Waals surface area contributed by atoms with E-state index in [2.05, 4.69) is 11.8 Å². The molecule has 1 aliphatic rings. The van der Waals surface area contributed by atoms with Crippen molar-refractivity contribution in [2.45, 2.75) is 19.4 Å². The predicted molar refractivity (Wildman–Crippen MR) is 65.6 cm³/mol. The number of anilines is 1. The number of ether oxygens (including phenoxy) is 1. The van der Waals surface area contributed by atoms with E-state index in [1.165, 1.54) is 0 Å². The van der Waals surface area contributed by atoms with Gasteiger partial charge in [0.2, 0.25) is 0 Å². The van der Waals surface area contributed by atoms with Crippen molar-refractivity contribution in [2.24, 2.45) is 0 Å². The Bertz CT molecular complexity index is 405. The molecule has 0 radical (unpaired) electrons. The summed E-state index contributed by atoms with van der Waals surface area (Å²) in [6.45, 7) is 4.46. The zero-order valence-electron chi connectivity index (χ0n) is 9.93. The molecule has 0 aromatic heterocycles. The highest BCUT2D eigenvalue weighted by Crippen LogP contribution is 2.20. The molecule has 0 saturated carbocycles. The highest BCUT2D eigenvalue weighted by molar-refractivity contribution is 5.88. The molecule has 4 nitrogen and oxygen atoms in total. The lowest BCUT2D eigenvalue weighted by Gasteiger charge is -2.34. The van der Waals surface area contributed by atoms with Crippen LogP contribution in [0, 0.1) is 0 Å². The van der Waals surface area contributed by atoms with Gasteiger partial charge in [-0.2, -0.15) is 0 Å². The van der Waals surface area contributed by atoms with E-state index in [1.54, 1.807) is 18.2 Å². The molecule has 1 atom stereocenters. The molecule has 1 aliphatic heterocycles. The molecule has 0 aliphatic carbocycles. The van der Waals surface area contributed by atoms with E-state index >= 15 is 0 Å². The van der Waals surface area contributed by atoms with Crippen LogP contribution in [0.4, 0.5) is 5.69 Å². The lowest BCUT2D eigenvalue weighted by atomic mass is 10.1. The van der Waals surface area contributed by atoms with E-state index in [1.807, 2.05) is 6.07 Å². The van der Waals surface area contributed by atoms with Gasteiger partial charge in [-0.1, -0.05) is 13.0 Å². The van der Waals surface area contributed by atoms with Gasteiger partial charge in [0.15, 0.2) is 0 Å². The molecule has 92 valence electrons. The fraction of sp³-hybridized carbons (Fsp3) is 0.462. The number of hydrogen-bond acceptors (Lipinski definition) is 3. The second-order valence-electron chi connectivity index (χ2n) is 4.20. The number of carboxylic acids is 1. The maximum atomic E-state index is 10.9. The second-order valence-corrected chi connectivity index (χ2v) is 4.20. The Labute approximate surface area is 101 Å². The van der Waals surface area contributed by atoms with Crippen LogP contribution in [-0.4, -0.2) is 36.9 Å². The van der Waals surface area contributed by atoms with Gasteiger partial charge in [-0.05, 0) is 24.6 Å². The highest BCUT2D eigenvalue weighted by Gasteiger charge is 2.19. The minimum absolute atomic E-state index is 0.247. The molecule has 1 aromatic carbocycles. The normalized spacial score (nSPS) is 20.3. The summed E-state index contributed by atoms with van der Waals surface area (Å²) >= 11 is 0. The van der Waals surface area contributed by atoms with Crippen molar-refractivity contribution < 1.29 is 14.6 Å². The molecule has 4 heteroatoms. The fourth-order valence-corrected chi connectivity index (χ4v) is 2.04. The Balaban J connectivity index is 2.16. The molecule has 2 rings (SSSR count). The number of nitrogens with zero attached hydrogens (tertiary/aromatic N) is 1. The molecule has 1 saturated heterocycles. The van der Waals surface area contributed by atoms with Crippen molar-refractivity contribution in [1.82, 2.24) is 0 Å². The summed E-state index contributed by atoms with van der Waals surface area (Å²) < 4.78 is 5.60. The van der Waals surface area contributed by atoms with Crippen molar-refractivity contribution >= 4 is 11.7 Å². The molecule has 0 amide bonds. The van der Waals surface area contributed by atoms with Crippen molar-refractivity contribution in [1.29, 1.82) is 0 Å². The van der Waals surface area contributed by atoms with Crippen LogP contribution in [0.1, 0.15) is 23.7 Å². The summed E-state index contributed by atoms with van der Waals surface area (Å²) in [5, 5.41) is 8.96. The summed E-state index contributed by atoms with van der Waals surface area (Å²) in [5.41, 5.74) is 1.30. The SMILES string of the molecule is CCC1CN(c2cccc(C(=O)O)c2)CCO1. The maximum absolute atomic E-state index is 10.9. The van der Waals surface area contributed by atoms with Crippen molar-refractivity contribution in [3.63, 3.8) is 0 Å². The Kier molecular flexibility index (Phi) is 3.64. The van der Waals surface area contributed by atoms with Crippen LogP contribution in [0.3, 0.4) is 0 Å². The van der Waals surface area contributed by atoms with Crippen LogP contribution >= 0.6 is 0 Å². The largest absolute Gasteiger partial charge is 0.478 e. The van der Waals surface area contributed by atoms with Crippen molar-refractivity contribution in [3.05, 3.63) is 29.8 Å². The third-order valence-electron chi connectivity index (χ3n) is 3.05. The molecule has 1 unspecified atom stereocenters. The lowest BCUT2D eigenvalue weighted by Crippen LogP contribution is -2.42. The Morgan fingerprint density at radius 2 is 2.41 bits per heavy atom. The topological polar surface area (TPSA) is 49.8 Å². The van der Waals surface area contributed by atoms with Gasteiger partial charge in [0, 0.05) is 18.8 Å². The number of rotatable bonds is 3. The van der Waals surface area contributed by atoms with Gasteiger partial charge in [0.05, 0.1) is 18.3 Å². The molecule has 0 bridgehead atoms. The van der Waals surface area contributed by atoms with Gasteiger partial charge >= 0.3 is 5.97 Å². The van der Waals surface area contributed by atoms with E-state index in [0.29, 0.717) is 12.2 Å². The van der Waals surface area contributed by atoms with Crippen molar-refractivity contribution in [3.8, 4) is 0 Å². The molecular formula is C13H17NO3. The molecule has 1 N–H and O–H groups in total. The number of carboxylic acid groups (broad SMARTS) is 1. The highest BCUT2D eigenvalue weighted by atomic mass is 16.5. The summed E-state index contributed by atoms with van der Waals surface area (Å²) in [7, 11) is 0. The fourth-order valence-electron chi connectivity index (χ4n) is 2.04. The molecule has 0 spiro atoms. The maximum Gasteiger partial charge on any atom is 0.335 e. The van der Waals surface area contributed by atoms with E-state index in [4.69, 9.17) is 9.84 Å². The van der Waals surface area contributed by atoms with E-state index in [9.17, 15) is 4.79 Å². The number of aromatic carboxylic acids is 1. The van der Waals surface area contributed by atoms with Gasteiger partial charge in [0.25, 0.3) is 0 Å². The van der Waals surface area contributed by atoms with Gasteiger partial charge in [-0.3, -0.25) is 0 Å². The molecule has 17 heavy (non-hydrogen) atoms. The van der Waals surface area contributed by atoms with Crippen LogP contribution in [-0.2, 0) is 4.74 Å². The number of hydrogen-bond donors (Lipinski definition) is 1. The molecule has 1 aromatic rings. The molecule has 1 heterocycles. The second kappa shape index (κ2) is 5.19. The monoisotopic (exact) mass is 235 g/mol. The third-order valence-corrected chi connectivity index (χ3v) is 3.05. The Hall–Kier alpha value is -1.55. The minimum atomic E-state index is -0.882. The smallest absolute Gasteiger partial charge is 0.335 e. The average Bonchev–Trinajstić information content (AvgIpc) is 2.39. The molecular weight excluding hydrogens is 218 g/mol. The number of morpholine rings is 1. The van der Waals surface area contributed by atoms with E-state index in [-0.39, 0.29) is 6.10 Å². The van der Waals surface area contributed by atoms with Crippen LogP contribution in [0.25, 0.3) is 0 Å². The van der Waals surface area contributed by atoms with Gasteiger partial charge in [-0.25, -0.2) is 4.79 Å². The third kappa shape index (κ3) is 2.77. The molecule has 1 fully saturated rings. The van der Waals surface area contributed by atoms with E-state index in [0.717, 1.165) is 25.2 Å². The van der Waals surface area contributed by atoms with Crippen LogP contribution in [0.2, 0.25) is 0 Å². The first-order valence-corrected chi connectivity index (χ1v) is 5.90. The zero-order chi connectivity index (χ0) is 12.3. The summed E-state index contributed by atoms with van der Waals surface area (Å²) in [6, 6.07) is 7.07. The standard InChI is InChI=1S/C13H17NO3/c1-2-12-9-14(6-7-17-12)11-5-3-4-10(8-11)13(15)16/h3-5,8,12H,2,6-7,9H2,1H3,(H,15,16). The number of benzene rings is 1. The van der Waals surface area contributed by atoms with Gasteiger partial charge in [0.1, 0.15) is 0 Å². The zero-order valence-corrected chi connectivity index (χ0v) is 9.93. The van der Waals surface area contributed by atoms with Crippen LogP contribution < -0.4 is 4.90 Å². The van der Waals surface area contributed by atoms with Crippen LogP contribution in [0.5, 0.6) is 0 Å². The van der Waals surface area contributed by atoms with Crippen LogP contribution in [0.15, 0.2) is 24.3 Å². The lowest BCUT2D eigenvalue weighted by molar-refractivity contribution is 0.0384. The summed E-state index contributed by atoms with van der Waals surface area (Å²) in [6.07, 6.45) is 1.23. The Morgan fingerprint density at radius 1 is 1.59 bits per heavy atom. The quantitative estimate of drug-likeness (QED) is 0.870. The van der Waals surface area contributed by atoms with Gasteiger partial charge < -0.3 is 14.7 Å². The number of carbonyl (C=O) groups is 1. The Morgan fingerprint density at radius 3 is 3.12 bits per heavy atom. The summed E-state index contributed by atoms with van der Waals surface area (Å²) in [5.74, 6) is -0.882. The minimum Gasteiger partial charge on any atom is -0.478 e. The van der Waals surface area contributed by atoms with Crippen molar-refractivity contribution in [2.75, 3.05) is 24.6 Å². The first-order chi connectivity index (χ1) is 8.20. The first kappa shape index (κ1) is 11.9. The first-order valence-electron chi connectivity index (χ1n) is 5.90. The van der Waals surface area contributed by atoms with Gasteiger partial charge in [-0.15, -0.1) is 0 Å².